The Bertz CT molecular complexity index is 821. The van der Waals surface area contributed by atoms with Crippen LogP contribution in [0.2, 0.25) is 0 Å². The lowest BCUT2D eigenvalue weighted by atomic mass is 9.90. The average molecular weight is 394 g/mol. The topological polar surface area (TPSA) is 68.2 Å². The van der Waals surface area contributed by atoms with Crippen molar-refractivity contribution in [1.29, 1.82) is 5.26 Å². The predicted octanol–water partition coefficient (Wildman–Crippen LogP) is 4.16. The molecule has 152 valence electrons. The number of nitrogens with one attached hydrogen (secondary N) is 2. The van der Waals surface area contributed by atoms with Crippen molar-refractivity contribution in [1.82, 2.24) is 10.2 Å². The molecule has 29 heavy (non-hydrogen) atoms. The van der Waals surface area contributed by atoms with E-state index in [0.717, 1.165) is 45.3 Å². The van der Waals surface area contributed by atoms with Gasteiger partial charge < -0.3 is 15.5 Å². The molecule has 5 nitrogen and oxygen atoms in total. The highest BCUT2D eigenvalue weighted by Gasteiger charge is 2.19. The molecule has 0 aromatic heterocycles. The fraction of sp³-hybridized carbons (Fsp3) is 0.391. The third-order valence-electron chi connectivity index (χ3n) is 5.35. The molecular formula is C23H27FN4O. The number of likely N-dealkylation sites (tertiary alicyclic amines) is 1. The number of urea groups is 1. The maximum absolute atomic E-state index is 13.0. The lowest BCUT2D eigenvalue weighted by Gasteiger charge is -2.32. The molecular weight excluding hydrogens is 367 g/mol. The Labute approximate surface area is 171 Å². The second-order valence-corrected chi connectivity index (χ2v) is 7.54. The van der Waals surface area contributed by atoms with Crippen LogP contribution in [0, 0.1) is 23.1 Å². The van der Waals surface area contributed by atoms with E-state index < -0.39 is 0 Å². The maximum Gasteiger partial charge on any atom is 0.319 e. The minimum atomic E-state index is -0.229. The van der Waals surface area contributed by atoms with Crippen molar-refractivity contribution < 1.29 is 9.18 Å². The summed E-state index contributed by atoms with van der Waals surface area (Å²) in [7, 11) is 0. The number of halogens is 1. The number of anilines is 1. The first kappa shape index (κ1) is 20.8. The standard InChI is InChI=1S/C23H27FN4O/c24-21-6-2-18(3-7-21)16-19-10-14-28(15-11-19)13-1-12-26-23(29)27-22-8-4-20(17-25)5-9-22/h2-9,19H,1,10-16H2,(H2,26,27,29). The number of carbonyl (C=O) groups excluding carboxylic acids is 1. The summed E-state index contributed by atoms with van der Waals surface area (Å²) in [6.45, 7) is 3.74. The molecule has 0 atom stereocenters. The summed E-state index contributed by atoms with van der Waals surface area (Å²) < 4.78 is 13.0. The summed E-state index contributed by atoms with van der Waals surface area (Å²) in [5, 5.41) is 14.4. The number of nitriles is 1. The summed E-state index contributed by atoms with van der Waals surface area (Å²) in [6.07, 6.45) is 4.24. The van der Waals surface area contributed by atoms with E-state index >= 15 is 0 Å². The first-order valence-corrected chi connectivity index (χ1v) is 10.1. The van der Waals surface area contributed by atoms with Gasteiger partial charge in [0.1, 0.15) is 5.82 Å². The van der Waals surface area contributed by atoms with Gasteiger partial charge in [-0.2, -0.15) is 5.26 Å². The van der Waals surface area contributed by atoms with E-state index in [4.69, 9.17) is 5.26 Å². The Morgan fingerprint density at radius 1 is 1.10 bits per heavy atom. The molecule has 6 heteroatoms. The van der Waals surface area contributed by atoms with Gasteiger partial charge >= 0.3 is 6.03 Å². The number of nitrogens with zero attached hydrogens (tertiary/aromatic N) is 2. The molecule has 2 N–H and O–H groups in total. The van der Waals surface area contributed by atoms with Crippen molar-refractivity contribution in [2.45, 2.75) is 25.7 Å². The molecule has 0 saturated carbocycles. The summed E-state index contributed by atoms with van der Waals surface area (Å²) in [4.78, 5) is 14.4. The summed E-state index contributed by atoms with van der Waals surface area (Å²) in [5.74, 6) is 0.482. The fourth-order valence-corrected chi connectivity index (χ4v) is 3.68. The van der Waals surface area contributed by atoms with Gasteiger partial charge in [-0.3, -0.25) is 0 Å². The van der Waals surface area contributed by atoms with E-state index in [-0.39, 0.29) is 11.8 Å². The van der Waals surface area contributed by atoms with Gasteiger partial charge in [-0.25, -0.2) is 9.18 Å². The Morgan fingerprint density at radius 3 is 2.45 bits per heavy atom. The smallest absolute Gasteiger partial charge is 0.319 e. The lowest BCUT2D eigenvalue weighted by Crippen LogP contribution is -2.37. The zero-order valence-corrected chi connectivity index (χ0v) is 16.5. The third-order valence-corrected chi connectivity index (χ3v) is 5.35. The molecule has 1 fully saturated rings. The van der Waals surface area contributed by atoms with Crippen LogP contribution in [0.1, 0.15) is 30.4 Å². The molecule has 2 amide bonds. The van der Waals surface area contributed by atoms with Gasteiger partial charge in [-0.1, -0.05) is 12.1 Å². The maximum atomic E-state index is 13.0. The van der Waals surface area contributed by atoms with Crippen molar-refractivity contribution in [3.8, 4) is 6.07 Å². The Morgan fingerprint density at radius 2 is 1.79 bits per heavy atom. The van der Waals surface area contributed by atoms with Crippen LogP contribution in [-0.4, -0.2) is 37.1 Å². The summed E-state index contributed by atoms with van der Waals surface area (Å²) in [5.41, 5.74) is 2.45. The number of carbonyl (C=O) groups is 1. The first-order chi connectivity index (χ1) is 14.1. The summed E-state index contributed by atoms with van der Waals surface area (Å²) in [6, 6.07) is 15.5. The first-order valence-electron chi connectivity index (χ1n) is 10.1. The van der Waals surface area contributed by atoms with Crippen LogP contribution in [0.15, 0.2) is 48.5 Å². The number of rotatable bonds is 7. The molecule has 1 heterocycles. The van der Waals surface area contributed by atoms with Gasteiger partial charge in [-0.05, 0) is 93.2 Å². The summed E-state index contributed by atoms with van der Waals surface area (Å²) >= 11 is 0. The largest absolute Gasteiger partial charge is 0.338 e. The second kappa shape index (κ2) is 10.6. The number of piperidine rings is 1. The van der Waals surface area contributed by atoms with E-state index in [2.05, 4.69) is 21.6 Å². The van der Waals surface area contributed by atoms with Crippen LogP contribution in [0.4, 0.5) is 14.9 Å². The molecule has 3 rings (SSSR count). The van der Waals surface area contributed by atoms with Crippen LogP contribution < -0.4 is 10.6 Å². The van der Waals surface area contributed by atoms with Crippen LogP contribution in [-0.2, 0) is 6.42 Å². The highest BCUT2D eigenvalue weighted by atomic mass is 19.1. The van der Waals surface area contributed by atoms with E-state index in [0.29, 0.717) is 23.7 Å². The molecule has 1 aliphatic heterocycles. The van der Waals surface area contributed by atoms with Crippen LogP contribution >= 0.6 is 0 Å². The normalized spacial score (nSPS) is 14.9. The van der Waals surface area contributed by atoms with Gasteiger partial charge in [0.05, 0.1) is 11.6 Å². The SMILES string of the molecule is N#Cc1ccc(NC(=O)NCCCN2CCC(Cc3ccc(F)cc3)CC2)cc1. The number of benzene rings is 2. The molecule has 0 bridgehead atoms. The molecule has 0 spiro atoms. The van der Waals surface area contributed by atoms with Gasteiger partial charge in [0.2, 0.25) is 0 Å². The predicted molar refractivity (Wildman–Crippen MR) is 112 cm³/mol. The monoisotopic (exact) mass is 394 g/mol. The lowest BCUT2D eigenvalue weighted by molar-refractivity contribution is 0.182. The number of amides is 2. The van der Waals surface area contributed by atoms with Crippen molar-refractivity contribution in [2.75, 3.05) is 31.5 Å². The second-order valence-electron chi connectivity index (χ2n) is 7.54. The number of hydrogen-bond donors (Lipinski definition) is 2. The van der Waals surface area contributed by atoms with E-state index in [1.165, 1.54) is 17.7 Å². The minimum Gasteiger partial charge on any atom is -0.338 e. The Balaban J connectivity index is 1.28. The third kappa shape index (κ3) is 6.88. The van der Waals surface area contributed by atoms with Crippen LogP contribution in [0.25, 0.3) is 0 Å². The van der Waals surface area contributed by atoms with Gasteiger partial charge in [-0.15, -0.1) is 0 Å². The molecule has 1 saturated heterocycles. The van der Waals surface area contributed by atoms with Gasteiger partial charge in [0.25, 0.3) is 0 Å². The van der Waals surface area contributed by atoms with E-state index in [9.17, 15) is 9.18 Å². The van der Waals surface area contributed by atoms with E-state index in [1.807, 2.05) is 12.1 Å². The molecule has 0 unspecified atom stereocenters. The molecule has 1 aliphatic rings. The van der Waals surface area contributed by atoms with Crippen molar-refractivity contribution >= 4 is 11.7 Å². The number of hydrogen-bond acceptors (Lipinski definition) is 3. The molecule has 0 radical (unpaired) electrons. The highest BCUT2D eigenvalue weighted by molar-refractivity contribution is 5.89. The zero-order chi connectivity index (χ0) is 20.5. The molecule has 2 aromatic carbocycles. The average Bonchev–Trinajstić information content (AvgIpc) is 2.74. The zero-order valence-electron chi connectivity index (χ0n) is 16.5. The van der Waals surface area contributed by atoms with Gasteiger partial charge in [0.15, 0.2) is 0 Å². The Hall–Kier alpha value is -2.91. The highest BCUT2D eigenvalue weighted by Crippen LogP contribution is 2.22. The Kier molecular flexibility index (Phi) is 7.60. The van der Waals surface area contributed by atoms with E-state index in [1.54, 1.807) is 24.3 Å². The van der Waals surface area contributed by atoms with Crippen molar-refractivity contribution in [3.05, 3.63) is 65.5 Å². The van der Waals surface area contributed by atoms with Gasteiger partial charge in [0, 0.05) is 12.2 Å². The van der Waals surface area contributed by atoms with Crippen molar-refractivity contribution in [3.63, 3.8) is 0 Å². The fourth-order valence-electron chi connectivity index (χ4n) is 3.68. The van der Waals surface area contributed by atoms with Crippen LogP contribution in [0.5, 0.6) is 0 Å². The molecule has 2 aromatic rings. The minimum absolute atomic E-state index is 0.178. The molecule has 0 aliphatic carbocycles. The quantitative estimate of drug-likeness (QED) is 0.693. The van der Waals surface area contributed by atoms with Crippen molar-refractivity contribution in [2.24, 2.45) is 5.92 Å². The van der Waals surface area contributed by atoms with Crippen LogP contribution in [0.3, 0.4) is 0 Å².